The molecule has 0 aliphatic carbocycles. The van der Waals surface area contributed by atoms with Crippen LogP contribution in [0.5, 0.6) is 11.5 Å². The molecule has 0 atom stereocenters. The molecular formula is C20H21BrN2O7. The second kappa shape index (κ2) is 10.6. The minimum atomic E-state index is -0.780. The molecule has 160 valence electrons. The lowest BCUT2D eigenvalue weighted by atomic mass is 10.1. The lowest BCUT2D eigenvalue weighted by molar-refractivity contribution is -0.385. The van der Waals surface area contributed by atoms with E-state index in [-0.39, 0.29) is 41.5 Å². The van der Waals surface area contributed by atoms with Crippen LogP contribution in [-0.2, 0) is 4.74 Å². The Morgan fingerprint density at radius 3 is 2.47 bits per heavy atom. The van der Waals surface area contributed by atoms with Crippen LogP contribution in [0.3, 0.4) is 0 Å². The van der Waals surface area contributed by atoms with Crippen LogP contribution in [0.2, 0.25) is 0 Å². The maximum absolute atomic E-state index is 12.9. The number of ether oxygens (including phenoxy) is 3. The van der Waals surface area contributed by atoms with Gasteiger partial charge in [0.05, 0.1) is 42.6 Å². The first-order valence-electron chi connectivity index (χ1n) is 9.09. The van der Waals surface area contributed by atoms with Crippen molar-refractivity contribution in [3.8, 4) is 11.5 Å². The fourth-order valence-electron chi connectivity index (χ4n) is 2.57. The lowest BCUT2D eigenvalue weighted by Gasteiger charge is -2.14. The van der Waals surface area contributed by atoms with Crippen molar-refractivity contribution in [2.45, 2.75) is 20.3 Å². The van der Waals surface area contributed by atoms with E-state index in [9.17, 15) is 19.7 Å². The zero-order chi connectivity index (χ0) is 22.3. The largest absolute Gasteiger partial charge is 0.493 e. The van der Waals surface area contributed by atoms with Gasteiger partial charge in [-0.3, -0.25) is 14.9 Å². The molecule has 0 radical (unpaired) electrons. The number of halogens is 1. The van der Waals surface area contributed by atoms with Crippen molar-refractivity contribution < 1.29 is 28.7 Å². The lowest BCUT2D eigenvalue weighted by Crippen LogP contribution is -2.17. The van der Waals surface area contributed by atoms with E-state index in [1.54, 1.807) is 13.0 Å². The average molecular weight is 481 g/mol. The maximum atomic E-state index is 12.9. The van der Waals surface area contributed by atoms with E-state index in [1.807, 2.05) is 6.92 Å². The maximum Gasteiger partial charge on any atom is 0.340 e. The minimum Gasteiger partial charge on any atom is -0.493 e. The summed E-state index contributed by atoms with van der Waals surface area (Å²) in [5, 5.41) is 14.1. The van der Waals surface area contributed by atoms with E-state index >= 15 is 0 Å². The first-order chi connectivity index (χ1) is 14.3. The Morgan fingerprint density at radius 2 is 1.87 bits per heavy atom. The van der Waals surface area contributed by atoms with Crippen LogP contribution < -0.4 is 14.8 Å². The topological polar surface area (TPSA) is 117 Å². The van der Waals surface area contributed by atoms with Crippen molar-refractivity contribution in [1.29, 1.82) is 0 Å². The van der Waals surface area contributed by atoms with Crippen molar-refractivity contribution in [3.05, 3.63) is 56.0 Å². The molecule has 9 nitrogen and oxygen atoms in total. The highest BCUT2D eigenvalue weighted by Gasteiger charge is 2.26. The summed E-state index contributed by atoms with van der Waals surface area (Å²) in [5.74, 6) is -1.08. The SMILES string of the molecule is CCCOC(=O)c1cc(Br)ccc1NC(=O)c1cc(OCC)c(OC)cc1[N+](=O)[O-]. The van der Waals surface area contributed by atoms with Gasteiger partial charge in [-0.15, -0.1) is 0 Å². The molecule has 0 aliphatic rings. The predicted molar refractivity (Wildman–Crippen MR) is 113 cm³/mol. The number of anilines is 1. The van der Waals surface area contributed by atoms with Gasteiger partial charge in [0.25, 0.3) is 11.6 Å². The fourth-order valence-corrected chi connectivity index (χ4v) is 2.93. The quantitative estimate of drug-likeness (QED) is 0.316. The summed E-state index contributed by atoms with van der Waals surface area (Å²) < 4.78 is 16.3. The highest BCUT2D eigenvalue weighted by molar-refractivity contribution is 9.10. The standard InChI is InChI=1S/C20H21BrN2O7/c1-4-8-30-20(25)13-9-12(21)6-7-15(13)22-19(24)14-10-18(29-5-2)17(28-3)11-16(14)23(26)27/h6-7,9-11H,4-5,8H2,1-3H3,(H,22,24). The summed E-state index contributed by atoms with van der Waals surface area (Å²) in [7, 11) is 1.34. The molecule has 0 saturated heterocycles. The van der Waals surface area contributed by atoms with Gasteiger partial charge < -0.3 is 19.5 Å². The number of carbonyl (C=O) groups is 2. The van der Waals surface area contributed by atoms with Crippen molar-refractivity contribution in [2.75, 3.05) is 25.6 Å². The number of amides is 1. The van der Waals surface area contributed by atoms with E-state index in [2.05, 4.69) is 21.2 Å². The minimum absolute atomic E-state index is 0.118. The Morgan fingerprint density at radius 1 is 1.13 bits per heavy atom. The number of nitrogens with one attached hydrogen (secondary N) is 1. The Kier molecular flexibility index (Phi) is 8.16. The van der Waals surface area contributed by atoms with E-state index in [4.69, 9.17) is 14.2 Å². The summed E-state index contributed by atoms with van der Waals surface area (Å²) in [5.41, 5.74) is -0.417. The number of carbonyl (C=O) groups excluding carboxylic acids is 2. The number of hydrogen-bond acceptors (Lipinski definition) is 7. The van der Waals surface area contributed by atoms with Crippen molar-refractivity contribution in [3.63, 3.8) is 0 Å². The van der Waals surface area contributed by atoms with Gasteiger partial charge in [-0.05, 0) is 31.5 Å². The molecule has 0 spiro atoms. The third-order valence-corrected chi connectivity index (χ3v) is 4.40. The molecule has 2 aromatic rings. The smallest absolute Gasteiger partial charge is 0.340 e. The number of nitrogens with zero attached hydrogens (tertiary/aromatic N) is 1. The molecule has 0 unspecified atom stereocenters. The molecule has 2 rings (SSSR count). The summed E-state index contributed by atoms with van der Waals surface area (Å²) >= 11 is 3.28. The monoisotopic (exact) mass is 480 g/mol. The molecule has 0 heterocycles. The van der Waals surface area contributed by atoms with Gasteiger partial charge in [0.1, 0.15) is 5.56 Å². The van der Waals surface area contributed by atoms with Gasteiger partial charge in [0.2, 0.25) is 0 Å². The third-order valence-electron chi connectivity index (χ3n) is 3.91. The highest BCUT2D eigenvalue weighted by Crippen LogP contribution is 2.35. The molecule has 0 bridgehead atoms. The van der Waals surface area contributed by atoms with Crippen LogP contribution in [-0.4, -0.2) is 37.1 Å². The van der Waals surface area contributed by atoms with Crippen LogP contribution in [0.15, 0.2) is 34.8 Å². The van der Waals surface area contributed by atoms with Crippen LogP contribution in [0.25, 0.3) is 0 Å². The number of rotatable bonds is 9. The van der Waals surface area contributed by atoms with Crippen LogP contribution in [0.1, 0.15) is 41.0 Å². The number of methoxy groups -OCH3 is 1. The Balaban J connectivity index is 2.46. The summed E-state index contributed by atoms with van der Waals surface area (Å²) in [4.78, 5) is 36.1. The zero-order valence-corrected chi connectivity index (χ0v) is 18.3. The van der Waals surface area contributed by atoms with Gasteiger partial charge in [-0.25, -0.2) is 4.79 Å². The second-order valence-corrected chi connectivity index (χ2v) is 6.91. The Labute approximate surface area is 181 Å². The molecule has 30 heavy (non-hydrogen) atoms. The first kappa shape index (κ1) is 23.1. The van der Waals surface area contributed by atoms with Crippen LogP contribution in [0, 0.1) is 10.1 Å². The molecular weight excluding hydrogens is 460 g/mol. The zero-order valence-electron chi connectivity index (χ0n) is 16.7. The molecule has 1 N–H and O–H groups in total. The summed E-state index contributed by atoms with van der Waals surface area (Å²) in [6.45, 7) is 4.09. The van der Waals surface area contributed by atoms with Crippen LogP contribution >= 0.6 is 15.9 Å². The molecule has 10 heteroatoms. The van der Waals surface area contributed by atoms with Crippen molar-refractivity contribution in [1.82, 2.24) is 0 Å². The van der Waals surface area contributed by atoms with E-state index < -0.39 is 22.5 Å². The number of nitro groups is 1. The Hall–Kier alpha value is -3.14. The molecule has 0 aromatic heterocycles. The highest BCUT2D eigenvalue weighted by atomic mass is 79.9. The number of nitro benzene ring substituents is 1. The molecule has 1 amide bonds. The number of benzene rings is 2. The van der Waals surface area contributed by atoms with Crippen LogP contribution in [0.4, 0.5) is 11.4 Å². The predicted octanol–water partition coefficient (Wildman–Crippen LogP) is 4.58. The second-order valence-electron chi connectivity index (χ2n) is 5.99. The van der Waals surface area contributed by atoms with Gasteiger partial charge in [0.15, 0.2) is 11.5 Å². The molecule has 2 aromatic carbocycles. The molecule has 0 saturated carbocycles. The van der Waals surface area contributed by atoms with E-state index in [0.29, 0.717) is 10.9 Å². The van der Waals surface area contributed by atoms with Gasteiger partial charge >= 0.3 is 5.97 Å². The Bertz CT molecular complexity index is 962. The molecule has 0 fully saturated rings. The summed E-state index contributed by atoms with van der Waals surface area (Å²) in [6, 6.07) is 6.99. The summed E-state index contributed by atoms with van der Waals surface area (Å²) in [6.07, 6.45) is 0.639. The van der Waals surface area contributed by atoms with Gasteiger partial charge in [-0.2, -0.15) is 0 Å². The van der Waals surface area contributed by atoms with E-state index in [1.165, 1.54) is 25.3 Å². The van der Waals surface area contributed by atoms with Gasteiger partial charge in [-0.1, -0.05) is 22.9 Å². The first-order valence-corrected chi connectivity index (χ1v) is 9.88. The average Bonchev–Trinajstić information content (AvgIpc) is 2.72. The number of hydrogen-bond donors (Lipinski definition) is 1. The van der Waals surface area contributed by atoms with E-state index in [0.717, 1.165) is 6.07 Å². The van der Waals surface area contributed by atoms with Crippen molar-refractivity contribution >= 4 is 39.2 Å². The van der Waals surface area contributed by atoms with Gasteiger partial charge in [0, 0.05) is 10.5 Å². The molecule has 0 aliphatic heterocycles. The number of esters is 1. The third kappa shape index (κ3) is 5.47. The fraction of sp³-hybridized carbons (Fsp3) is 0.300. The normalized spacial score (nSPS) is 10.3. The van der Waals surface area contributed by atoms with Crippen molar-refractivity contribution in [2.24, 2.45) is 0 Å².